The third-order valence-electron chi connectivity index (χ3n) is 1.51. The Balaban J connectivity index is 3.04. The molecule has 0 radical (unpaired) electrons. The number of anilines is 1. The molecule has 0 fully saturated rings. The summed E-state index contributed by atoms with van der Waals surface area (Å²) in [5, 5.41) is 8.20. The summed E-state index contributed by atoms with van der Waals surface area (Å²) in [6.45, 7) is 0. The van der Waals surface area contributed by atoms with Gasteiger partial charge >= 0.3 is 6.36 Å². The van der Waals surface area contributed by atoms with Gasteiger partial charge in [-0.05, 0) is 24.1 Å². The van der Waals surface area contributed by atoms with E-state index in [0.717, 1.165) is 12.1 Å². The minimum Gasteiger partial charge on any atom is -0.406 e. The highest BCUT2D eigenvalue weighted by Crippen LogP contribution is 2.25. The van der Waals surface area contributed by atoms with Crippen molar-refractivity contribution < 1.29 is 17.9 Å². The predicted molar refractivity (Wildman–Crippen MR) is 50.0 cm³/mol. The quantitative estimate of drug-likeness (QED) is 0.588. The van der Waals surface area contributed by atoms with Crippen molar-refractivity contribution in [3.63, 3.8) is 0 Å². The molecule has 0 aliphatic heterocycles. The van der Waals surface area contributed by atoms with Crippen LogP contribution in [0.3, 0.4) is 0 Å². The number of nitriles is 1. The van der Waals surface area contributed by atoms with Gasteiger partial charge in [-0.1, -0.05) is 0 Å². The molecule has 0 amide bonds. The second kappa shape index (κ2) is 4.45. The van der Waals surface area contributed by atoms with Gasteiger partial charge in [-0.15, -0.1) is 13.2 Å². The number of rotatable bonds is 1. The zero-order chi connectivity index (χ0) is 12.2. The molecule has 0 heterocycles. The monoisotopic (exact) mass is 226 g/mol. The molecule has 82 valence electrons. The fourth-order valence-electron chi connectivity index (χ4n) is 0.936. The van der Waals surface area contributed by atoms with E-state index < -0.39 is 12.1 Å². The number of benzene rings is 1. The second-order valence-electron chi connectivity index (χ2n) is 2.66. The topological polar surface area (TPSA) is 59.0 Å². The largest absolute Gasteiger partial charge is 0.573 e. The predicted octanol–water partition coefficient (Wildman–Crippen LogP) is 2.04. The first-order valence-corrected chi connectivity index (χ1v) is 3.98. The van der Waals surface area contributed by atoms with Crippen LogP contribution in [0.15, 0.2) is 18.2 Å². The van der Waals surface area contributed by atoms with Crippen molar-refractivity contribution in [2.75, 3.05) is 5.73 Å². The van der Waals surface area contributed by atoms with Crippen molar-refractivity contribution in [3.05, 3.63) is 23.8 Å². The van der Waals surface area contributed by atoms with E-state index in [2.05, 4.69) is 10.7 Å². The summed E-state index contributed by atoms with van der Waals surface area (Å²) >= 11 is 0. The first-order valence-electron chi connectivity index (χ1n) is 3.98. The average Bonchev–Trinajstić information content (AvgIpc) is 2.17. The van der Waals surface area contributed by atoms with Crippen LogP contribution in [0, 0.1) is 23.2 Å². The highest BCUT2D eigenvalue weighted by atomic mass is 19.4. The van der Waals surface area contributed by atoms with Crippen molar-refractivity contribution in [1.82, 2.24) is 0 Å². The third-order valence-corrected chi connectivity index (χ3v) is 1.51. The van der Waals surface area contributed by atoms with E-state index >= 15 is 0 Å². The maximum atomic E-state index is 11.9. The molecule has 0 saturated heterocycles. The Morgan fingerprint density at radius 1 is 1.31 bits per heavy atom. The molecular formula is C10H5F3N2O. The molecular weight excluding hydrogens is 221 g/mol. The number of nitrogens with zero attached hydrogens (tertiary/aromatic N) is 1. The Bertz CT molecular complexity index is 492. The molecule has 2 N–H and O–H groups in total. The number of hydrogen-bond acceptors (Lipinski definition) is 3. The van der Waals surface area contributed by atoms with Crippen LogP contribution in [-0.4, -0.2) is 6.36 Å². The van der Waals surface area contributed by atoms with Crippen LogP contribution in [0.4, 0.5) is 18.9 Å². The lowest BCUT2D eigenvalue weighted by molar-refractivity contribution is -0.274. The van der Waals surface area contributed by atoms with Crippen LogP contribution in [-0.2, 0) is 0 Å². The van der Waals surface area contributed by atoms with Gasteiger partial charge < -0.3 is 10.5 Å². The molecule has 0 atom stereocenters. The van der Waals surface area contributed by atoms with Crippen LogP contribution in [0.2, 0.25) is 0 Å². The van der Waals surface area contributed by atoms with Gasteiger partial charge in [-0.25, -0.2) is 0 Å². The maximum absolute atomic E-state index is 11.9. The molecule has 0 aliphatic carbocycles. The van der Waals surface area contributed by atoms with Gasteiger partial charge in [0.05, 0.1) is 5.56 Å². The van der Waals surface area contributed by atoms with Crippen molar-refractivity contribution in [3.8, 4) is 23.7 Å². The molecule has 3 nitrogen and oxygen atoms in total. The Morgan fingerprint density at radius 3 is 2.56 bits per heavy atom. The Kier molecular flexibility index (Phi) is 3.27. The van der Waals surface area contributed by atoms with E-state index in [0.29, 0.717) is 0 Å². The normalized spacial score (nSPS) is 9.88. The van der Waals surface area contributed by atoms with E-state index in [1.165, 1.54) is 12.1 Å². The molecule has 0 unspecified atom stereocenters. The van der Waals surface area contributed by atoms with Gasteiger partial charge in [0.25, 0.3) is 0 Å². The molecule has 6 heteroatoms. The van der Waals surface area contributed by atoms with E-state index in [4.69, 9.17) is 11.0 Å². The lowest BCUT2D eigenvalue weighted by atomic mass is 10.2. The summed E-state index contributed by atoms with van der Waals surface area (Å²) in [4.78, 5) is 0. The standard InChI is InChI=1S/C10H5F3N2O/c11-10(12,13)16-8-3-4-9(15)7(6-8)2-1-5-14/h3-4,6H,15H2. The molecule has 0 bridgehead atoms. The SMILES string of the molecule is N#CC#Cc1cc(OC(F)(F)F)ccc1N. The van der Waals surface area contributed by atoms with E-state index in [9.17, 15) is 13.2 Å². The van der Waals surface area contributed by atoms with E-state index in [1.807, 2.05) is 5.92 Å². The first-order chi connectivity index (χ1) is 7.42. The molecule has 1 rings (SSSR count). The lowest BCUT2D eigenvalue weighted by Crippen LogP contribution is -2.17. The summed E-state index contributed by atoms with van der Waals surface area (Å²) < 4.78 is 39.3. The highest BCUT2D eigenvalue weighted by Gasteiger charge is 2.31. The molecule has 16 heavy (non-hydrogen) atoms. The van der Waals surface area contributed by atoms with Crippen molar-refractivity contribution in [1.29, 1.82) is 5.26 Å². The number of alkyl halides is 3. The molecule has 1 aromatic carbocycles. The molecule has 0 aliphatic rings. The molecule has 1 aromatic rings. The maximum Gasteiger partial charge on any atom is 0.573 e. The second-order valence-corrected chi connectivity index (χ2v) is 2.66. The lowest BCUT2D eigenvalue weighted by Gasteiger charge is -2.09. The Morgan fingerprint density at radius 2 is 2.00 bits per heavy atom. The van der Waals surface area contributed by atoms with Gasteiger partial charge in [0, 0.05) is 11.6 Å². The zero-order valence-electron chi connectivity index (χ0n) is 7.80. The average molecular weight is 226 g/mol. The first kappa shape index (κ1) is 11.7. The summed E-state index contributed by atoms with van der Waals surface area (Å²) in [6.07, 6.45) is -4.77. The van der Waals surface area contributed by atoms with Crippen LogP contribution >= 0.6 is 0 Å². The molecule has 0 aromatic heterocycles. The van der Waals surface area contributed by atoms with Crippen LogP contribution < -0.4 is 10.5 Å². The van der Waals surface area contributed by atoms with Crippen LogP contribution in [0.1, 0.15) is 5.56 Å². The number of ether oxygens (including phenoxy) is 1. The van der Waals surface area contributed by atoms with Gasteiger partial charge in [0.1, 0.15) is 5.75 Å². The highest BCUT2D eigenvalue weighted by molar-refractivity contribution is 5.59. The summed E-state index contributed by atoms with van der Waals surface area (Å²) in [5.74, 6) is 3.91. The zero-order valence-corrected chi connectivity index (χ0v) is 7.80. The summed E-state index contributed by atoms with van der Waals surface area (Å²) in [7, 11) is 0. The summed E-state index contributed by atoms with van der Waals surface area (Å²) in [6, 6.07) is 4.85. The van der Waals surface area contributed by atoms with E-state index in [1.54, 1.807) is 0 Å². The minimum atomic E-state index is -4.77. The van der Waals surface area contributed by atoms with Crippen LogP contribution in [0.5, 0.6) is 5.75 Å². The third kappa shape index (κ3) is 3.43. The number of hydrogen-bond donors (Lipinski definition) is 1. The fraction of sp³-hybridized carbons (Fsp3) is 0.100. The van der Waals surface area contributed by atoms with Crippen molar-refractivity contribution in [2.45, 2.75) is 6.36 Å². The Labute approximate surface area is 89.2 Å². The number of nitrogens with two attached hydrogens (primary N) is 1. The van der Waals surface area contributed by atoms with Gasteiger partial charge in [0.15, 0.2) is 6.07 Å². The van der Waals surface area contributed by atoms with Crippen molar-refractivity contribution >= 4 is 5.69 Å². The van der Waals surface area contributed by atoms with Crippen molar-refractivity contribution in [2.24, 2.45) is 0 Å². The fourth-order valence-corrected chi connectivity index (χ4v) is 0.936. The van der Waals surface area contributed by atoms with Gasteiger partial charge in [-0.2, -0.15) is 5.26 Å². The van der Waals surface area contributed by atoms with Gasteiger partial charge in [0.2, 0.25) is 0 Å². The Hall–Kier alpha value is -2.34. The minimum absolute atomic E-state index is 0.114. The molecule has 0 saturated carbocycles. The smallest absolute Gasteiger partial charge is 0.406 e. The van der Waals surface area contributed by atoms with Gasteiger partial charge in [-0.3, -0.25) is 0 Å². The number of halogens is 3. The summed E-state index contributed by atoms with van der Waals surface area (Å²) in [5.41, 5.74) is 5.74. The van der Waals surface area contributed by atoms with Crippen LogP contribution in [0.25, 0.3) is 0 Å². The number of nitrogen functional groups attached to an aromatic ring is 1. The molecule has 0 spiro atoms. The van der Waals surface area contributed by atoms with E-state index in [-0.39, 0.29) is 11.3 Å².